The van der Waals surface area contributed by atoms with Crippen molar-refractivity contribution in [2.75, 3.05) is 20.1 Å². The Labute approximate surface area is 102 Å². The van der Waals surface area contributed by atoms with Crippen molar-refractivity contribution in [2.45, 2.75) is 18.4 Å². The van der Waals surface area contributed by atoms with Crippen LogP contribution in [-0.4, -0.2) is 36.5 Å². The second-order valence-corrected chi connectivity index (χ2v) is 5.43. The first kappa shape index (κ1) is 10.8. The lowest BCUT2D eigenvalue weighted by Crippen LogP contribution is -2.52. The topological polar surface area (TPSA) is 32.3 Å². The molecule has 2 saturated heterocycles. The third-order valence-electron chi connectivity index (χ3n) is 4.29. The summed E-state index contributed by atoms with van der Waals surface area (Å²) in [6.07, 6.45) is 2.50. The molecule has 0 radical (unpaired) electrons. The molecule has 0 unspecified atom stereocenters. The van der Waals surface area contributed by atoms with E-state index in [1.807, 2.05) is 30.3 Å². The van der Waals surface area contributed by atoms with Crippen LogP contribution in [0.15, 0.2) is 30.3 Å². The first-order valence-corrected chi connectivity index (χ1v) is 6.24. The highest BCUT2D eigenvalue weighted by Gasteiger charge is 2.54. The van der Waals surface area contributed by atoms with Crippen molar-refractivity contribution in [3.05, 3.63) is 35.9 Å². The van der Waals surface area contributed by atoms with Crippen LogP contribution in [0, 0.1) is 5.92 Å². The van der Waals surface area contributed by atoms with Crippen molar-refractivity contribution in [3.8, 4) is 0 Å². The van der Waals surface area contributed by atoms with Gasteiger partial charge in [-0.25, -0.2) is 0 Å². The van der Waals surface area contributed by atoms with Crippen molar-refractivity contribution < 1.29 is 4.79 Å². The lowest BCUT2D eigenvalue weighted by atomic mass is 9.73. The maximum atomic E-state index is 11.9. The fourth-order valence-corrected chi connectivity index (χ4v) is 3.25. The molecular formula is C14H18N2O. The van der Waals surface area contributed by atoms with Crippen molar-refractivity contribution >= 4 is 5.91 Å². The van der Waals surface area contributed by atoms with Crippen LogP contribution in [-0.2, 0) is 0 Å². The molecular weight excluding hydrogens is 212 g/mol. The molecule has 1 saturated carbocycles. The Kier molecular flexibility index (Phi) is 2.44. The molecule has 1 aliphatic carbocycles. The SMILES string of the molecule is CN1CC2CC1(CNC(=O)c1ccccc1)C2. The van der Waals surface area contributed by atoms with Crippen LogP contribution in [0.5, 0.6) is 0 Å². The zero-order valence-electron chi connectivity index (χ0n) is 10.1. The van der Waals surface area contributed by atoms with Crippen LogP contribution in [0.2, 0.25) is 0 Å². The largest absolute Gasteiger partial charge is 0.350 e. The van der Waals surface area contributed by atoms with E-state index in [2.05, 4.69) is 17.3 Å². The number of hydrogen-bond acceptors (Lipinski definition) is 2. The standard InChI is InChI=1S/C14H18N2O/c1-16-9-11-7-14(16,8-11)10-15-13(17)12-5-3-2-4-6-12/h2-6,11H,7-10H2,1H3,(H,15,17). The van der Waals surface area contributed by atoms with E-state index < -0.39 is 0 Å². The van der Waals surface area contributed by atoms with E-state index in [9.17, 15) is 4.79 Å². The third kappa shape index (κ3) is 1.75. The van der Waals surface area contributed by atoms with Gasteiger partial charge in [-0.3, -0.25) is 9.69 Å². The summed E-state index contributed by atoms with van der Waals surface area (Å²) < 4.78 is 0. The summed E-state index contributed by atoms with van der Waals surface area (Å²) >= 11 is 0. The summed E-state index contributed by atoms with van der Waals surface area (Å²) in [5.41, 5.74) is 1.01. The maximum Gasteiger partial charge on any atom is 0.251 e. The van der Waals surface area contributed by atoms with Gasteiger partial charge < -0.3 is 5.32 Å². The minimum atomic E-state index is 0.0451. The van der Waals surface area contributed by atoms with Gasteiger partial charge in [0.25, 0.3) is 5.91 Å². The van der Waals surface area contributed by atoms with Gasteiger partial charge in [-0.15, -0.1) is 0 Å². The van der Waals surface area contributed by atoms with Gasteiger partial charge in [0, 0.05) is 24.2 Å². The van der Waals surface area contributed by atoms with Crippen LogP contribution in [0.25, 0.3) is 0 Å². The van der Waals surface area contributed by atoms with Crippen LogP contribution in [0.3, 0.4) is 0 Å². The van der Waals surface area contributed by atoms with E-state index in [4.69, 9.17) is 0 Å². The number of benzene rings is 1. The fraction of sp³-hybridized carbons (Fsp3) is 0.500. The van der Waals surface area contributed by atoms with Gasteiger partial charge in [0.15, 0.2) is 0 Å². The van der Waals surface area contributed by atoms with Gasteiger partial charge in [0.2, 0.25) is 0 Å². The number of likely N-dealkylation sites (N-methyl/N-ethyl adjacent to an activating group) is 1. The van der Waals surface area contributed by atoms with Crippen LogP contribution in [0.4, 0.5) is 0 Å². The van der Waals surface area contributed by atoms with E-state index in [1.54, 1.807) is 0 Å². The Balaban J connectivity index is 1.60. The first-order chi connectivity index (χ1) is 8.20. The smallest absolute Gasteiger partial charge is 0.251 e. The number of fused-ring (bicyclic) bond motifs is 1. The van der Waals surface area contributed by atoms with Crippen LogP contribution < -0.4 is 5.32 Å². The van der Waals surface area contributed by atoms with Crippen molar-refractivity contribution in [2.24, 2.45) is 5.92 Å². The predicted octanol–water partition coefficient (Wildman–Crippen LogP) is 1.51. The molecule has 0 atom stereocenters. The molecule has 0 spiro atoms. The highest BCUT2D eigenvalue weighted by Crippen LogP contribution is 2.48. The maximum absolute atomic E-state index is 11.9. The molecule has 1 aromatic carbocycles. The molecule has 0 aromatic heterocycles. The number of nitrogens with one attached hydrogen (secondary N) is 1. The summed E-state index contributed by atoms with van der Waals surface area (Å²) in [6.45, 7) is 1.98. The summed E-state index contributed by atoms with van der Waals surface area (Å²) in [5, 5.41) is 3.07. The molecule has 4 rings (SSSR count). The van der Waals surface area contributed by atoms with Gasteiger partial charge in [0.05, 0.1) is 0 Å². The predicted molar refractivity (Wildman–Crippen MR) is 66.9 cm³/mol. The van der Waals surface area contributed by atoms with E-state index in [0.29, 0.717) is 0 Å². The van der Waals surface area contributed by atoms with Crippen LogP contribution >= 0.6 is 0 Å². The monoisotopic (exact) mass is 230 g/mol. The highest BCUT2D eigenvalue weighted by molar-refractivity contribution is 5.94. The van der Waals surface area contributed by atoms with Crippen molar-refractivity contribution in [3.63, 3.8) is 0 Å². The van der Waals surface area contributed by atoms with Gasteiger partial charge in [-0.1, -0.05) is 18.2 Å². The van der Waals surface area contributed by atoms with Gasteiger partial charge in [-0.2, -0.15) is 0 Å². The summed E-state index contributed by atoms with van der Waals surface area (Å²) in [4.78, 5) is 14.3. The molecule has 3 fully saturated rings. The number of rotatable bonds is 3. The number of nitrogens with zero attached hydrogens (tertiary/aromatic N) is 1. The average molecular weight is 230 g/mol. The Morgan fingerprint density at radius 3 is 2.71 bits per heavy atom. The van der Waals surface area contributed by atoms with Gasteiger partial charge >= 0.3 is 0 Å². The zero-order valence-corrected chi connectivity index (χ0v) is 10.1. The number of carbonyl (C=O) groups is 1. The van der Waals surface area contributed by atoms with E-state index >= 15 is 0 Å². The Morgan fingerprint density at radius 1 is 1.41 bits per heavy atom. The molecule has 1 aromatic rings. The molecule has 3 nitrogen and oxygen atoms in total. The molecule has 17 heavy (non-hydrogen) atoms. The summed E-state index contributed by atoms with van der Waals surface area (Å²) in [6, 6.07) is 9.43. The summed E-state index contributed by atoms with van der Waals surface area (Å²) in [5.74, 6) is 0.914. The molecule has 2 heterocycles. The van der Waals surface area contributed by atoms with Gasteiger partial charge in [0.1, 0.15) is 0 Å². The molecule has 2 aliphatic heterocycles. The minimum Gasteiger partial charge on any atom is -0.350 e. The second-order valence-electron chi connectivity index (χ2n) is 5.43. The zero-order chi connectivity index (χ0) is 11.9. The first-order valence-electron chi connectivity index (χ1n) is 6.24. The molecule has 2 bridgehead atoms. The number of amides is 1. The average Bonchev–Trinajstić information content (AvgIpc) is 2.79. The highest BCUT2D eigenvalue weighted by atomic mass is 16.1. The van der Waals surface area contributed by atoms with Crippen molar-refractivity contribution in [1.82, 2.24) is 10.2 Å². The molecule has 90 valence electrons. The Morgan fingerprint density at radius 2 is 2.12 bits per heavy atom. The lowest BCUT2D eigenvalue weighted by Gasteiger charge is -2.41. The Hall–Kier alpha value is -1.35. The van der Waals surface area contributed by atoms with Crippen LogP contribution in [0.1, 0.15) is 23.2 Å². The second kappa shape index (κ2) is 3.84. The molecule has 3 heteroatoms. The van der Waals surface area contributed by atoms with Gasteiger partial charge in [-0.05, 0) is 37.9 Å². The number of carbonyl (C=O) groups excluding carboxylic acids is 1. The molecule has 1 N–H and O–H groups in total. The third-order valence-corrected chi connectivity index (χ3v) is 4.29. The lowest BCUT2D eigenvalue weighted by molar-refractivity contribution is 0.0866. The van der Waals surface area contributed by atoms with Crippen molar-refractivity contribution in [1.29, 1.82) is 0 Å². The number of hydrogen-bond donors (Lipinski definition) is 1. The van der Waals surface area contributed by atoms with E-state index in [0.717, 1.165) is 18.0 Å². The van der Waals surface area contributed by atoms with E-state index in [1.165, 1.54) is 19.4 Å². The normalized spacial score (nSPS) is 31.0. The quantitative estimate of drug-likeness (QED) is 0.853. The molecule has 1 amide bonds. The Bertz CT molecular complexity index is 423. The minimum absolute atomic E-state index is 0.0451. The fourth-order valence-electron chi connectivity index (χ4n) is 3.25. The van der Waals surface area contributed by atoms with E-state index in [-0.39, 0.29) is 11.4 Å². The molecule has 3 aliphatic rings. The summed E-state index contributed by atoms with van der Waals surface area (Å²) in [7, 11) is 2.17.